The molecule has 0 spiro atoms. The number of azo groups is 1. The molecule has 4 nitrogen and oxygen atoms in total. The molecule has 0 radical (unpaired) electrons. The predicted octanol–water partition coefficient (Wildman–Crippen LogP) is 8.42. The molecule has 3 rings (SSSR count). The SMILES string of the molecule is CCCCOc1ccc(N=Nc2ccc(C#Cc3c(F)c(F)c(OCCCC)c(F)c3F)cc2)cc1. The van der Waals surface area contributed by atoms with E-state index in [2.05, 4.69) is 29.0 Å². The van der Waals surface area contributed by atoms with Crippen molar-refractivity contribution in [2.75, 3.05) is 13.2 Å². The van der Waals surface area contributed by atoms with E-state index >= 15 is 0 Å². The minimum absolute atomic E-state index is 0.0588. The van der Waals surface area contributed by atoms with Crippen molar-refractivity contribution in [2.45, 2.75) is 39.5 Å². The Labute approximate surface area is 208 Å². The molecule has 0 aliphatic heterocycles. The molecule has 0 heterocycles. The summed E-state index contributed by atoms with van der Waals surface area (Å²) in [6.45, 7) is 4.54. The molecule has 0 bridgehead atoms. The molecule has 0 unspecified atom stereocenters. The highest BCUT2D eigenvalue weighted by Crippen LogP contribution is 2.30. The zero-order valence-corrected chi connectivity index (χ0v) is 20.1. The highest BCUT2D eigenvalue weighted by atomic mass is 19.2. The van der Waals surface area contributed by atoms with Crippen LogP contribution in [0, 0.1) is 35.1 Å². The van der Waals surface area contributed by atoms with Gasteiger partial charge in [-0.25, -0.2) is 8.78 Å². The van der Waals surface area contributed by atoms with Crippen molar-refractivity contribution < 1.29 is 27.0 Å². The summed E-state index contributed by atoms with van der Waals surface area (Å²) in [7, 11) is 0. The molecule has 0 saturated carbocycles. The molecule has 8 heteroatoms. The lowest BCUT2D eigenvalue weighted by Crippen LogP contribution is -2.07. The van der Waals surface area contributed by atoms with Crippen LogP contribution in [0.5, 0.6) is 11.5 Å². The number of benzene rings is 3. The number of unbranched alkanes of at least 4 members (excludes halogenated alkanes) is 2. The summed E-state index contributed by atoms with van der Waals surface area (Å²) < 4.78 is 67.6. The minimum atomic E-state index is -1.61. The lowest BCUT2D eigenvalue weighted by molar-refractivity contribution is 0.266. The van der Waals surface area contributed by atoms with Crippen LogP contribution in [0.25, 0.3) is 0 Å². The Bertz CT molecular complexity index is 1220. The Morgan fingerprint density at radius 3 is 1.67 bits per heavy atom. The smallest absolute Gasteiger partial charge is 0.205 e. The monoisotopic (exact) mass is 498 g/mol. The fourth-order valence-corrected chi connectivity index (χ4v) is 2.97. The van der Waals surface area contributed by atoms with Crippen LogP contribution >= 0.6 is 0 Å². The molecular weight excluding hydrogens is 472 g/mol. The van der Waals surface area contributed by atoms with Crippen LogP contribution < -0.4 is 9.47 Å². The van der Waals surface area contributed by atoms with Crippen molar-refractivity contribution in [1.29, 1.82) is 0 Å². The van der Waals surface area contributed by atoms with Crippen LogP contribution in [0.2, 0.25) is 0 Å². The van der Waals surface area contributed by atoms with Gasteiger partial charge in [-0.05, 0) is 61.4 Å². The molecule has 0 aliphatic rings. The fraction of sp³-hybridized carbons (Fsp3) is 0.286. The molecular formula is C28H26F4N2O2. The van der Waals surface area contributed by atoms with Gasteiger partial charge in [0.1, 0.15) is 11.3 Å². The average molecular weight is 499 g/mol. The van der Waals surface area contributed by atoms with E-state index in [1.54, 1.807) is 36.4 Å². The lowest BCUT2D eigenvalue weighted by atomic mass is 10.1. The molecule has 0 fully saturated rings. The van der Waals surface area contributed by atoms with Crippen LogP contribution in [-0.4, -0.2) is 13.2 Å². The molecule has 36 heavy (non-hydrogen) atoms. The summed E-state index contributed by atoms with van der Waals surface area (Å²) in [5.41, 5.74) is 0.523. The Morgan fingerprint density at radius 1 is 0.639 bits per heavy atom. The summed E-state index contributed by atoms with van der Waals surface area (Å²) in [4.78, 5) is 0. The summed E-state index contributed by atoms with van der Waals surface area (Å²) in [5, 5.41) is 8.29. The quantitative estimate of drug-likeness (QED) is 0.0926. The molecule has 0 aromatic heterocycles. The second kappa shape index (κ2) is 13.3. The molecule has 0 N–H and O–H groups in total. The Morgan fingerprint density at radius 2 is 1.14 bits per heavy atom. The summed E-state index contributed by atoms with van der Waals surface area (Å²) in [6, 6.07) is 13.5. The Kier molecular flexibility index (Phi) is 9.87. The van der Waals surface area contributed by atoms with E-state index in [1.165, 1.54) is 0 Å². The third-order valence-electron chi connectivity index (χ3n) is 5.05. The molecule has 3 aromatic carbocycles. The van der Waals surface area contributed by atoms with Crippen LogP contribution in [0.1, 0.15) is 50.7 Å². The average Bonchev–Trinajstić information content (AvgIpc) is 2.90. The van der Waals surface area contributed by atoms with Gasteiger partial charge in [0.2, 0.25) is 11.6 Å². The highest BCUT2D eigenvalue weighted by Gasteiger charge is 2.25. The van der Waals surface area contributed by atoms with Crippen molar-refractivity contribution in [1.82, 2.24) is 0 Å². The van der Waals surface area contributed by atoms with Gasteiger partial charge in [0.15, 0.2) is 17.4 Å². The standard InChI is InChI=1S/C28H26F4N2O2/c1-3-5-17-35-22-14-12-21(13-15-22)34-33-20-10-7-19(8-11-20)9-16-23-24(29)26(31)28(27(32)25(23)30)36-18-6-4-2/h7-8,10-15H,3-6,17-18H2,1-2H3. The van der Waals surface area contributed by atoms with E-state index in [4.69, 9.17) is 9.47 Å². The fourth-order valence-electron chi connectivity index (χ4n) is 2.97. The van der Waals surface area contributed by atoms with Crippen molar-refractivity contribution in [2.24, 2.45) is 10.2 Å². The van der Waals surface area contributed by atoms with Gasteiger partial charge in [0, 0.05) is 5.56 Å². The zero-order valence-electron chi connectivity index (χ0n) is 20.1. The lowest BCUT2D eigenvalue weighted by Gasteiger charge is -2.10. The molecule has 0 amide bonds. The van der Waals surface area contributed by atoms with E-state index in [-0.39, 0.29) is 6.61 Å². The van der Waals surface area contributed by atoms with Crippen molar-refractivity contribution in [3.63, 3.8) is 0 Å². The number of hydrogen-bond donors (Lipinski definition) is 0. The Balaban J connectivity index is 1.69. The maximum Gasteiger partial charge on any atom is 0.205 e. The van der Waals surface area contributed by atoms with Crippen LogP contribution in [0.15, 0.2) is 58.8 Å². The van der Waals surface area contributed by atoms with Crippen molar-refractivity contribution >= 4 is 11.4 Å². The maximum absolute atomic E-state index is 14.3. The van der Waals surface area contributed by atoms with Gasteiger partial charge >= 0.3 is 0 Å². The first-order valence-corrected chi connectivity index (χ1v) is 11.7. The van der Waals surface area contributed by atoms with E-state index in [9.17, 15) is 17.6 Å². The third kappa shape index (κ3) is 7.08. The first kappa shape index (κ1) is 26.7. The molecule has 0 saturated heterocycles. The second-order valence-electron chi connectivity index (χ2n) is 7.85. The predicted molar refractivity (Wildman–Crippen MR) is 130 cm³/mol. The number of nitrogens with zero attached hydrogens (tertiary/aromatic N) is 2. The third-order valence-corrected chi connectivity index (χ3v) is 5.05. The van der Waals surface area contributed by atoms with Gasteiger partial charge in [0.05, 0.1) is 24.6 Å². The first-order valence-electron chi connectivity index (χ1n) is 11.7. The molecule has 188 valence electrons. The van der Waals surface area contributed by atoms with Gasteiger partial charge in [-0.2, -0.15) is 19.0 Å². The number of halogens is 4. The zero-order chi connectivity index (χ0) is 25.9. The Hall–Kier alpha value is -3.86. The van der Waals surface area contributed by atoms with Crippen molar-refractivity contribution in [3.05, 3.63) is 82.9 Å². The number of rotatable bonds is 10. The van der Waals surface area contributed by atoms with Crippen LogP contribution in [0.4, 0.5) is 28.9 Å². The maximum atomic E-state index is 14.3. The largest absolute Gasteiger partial charge is 0.494 e. The number of hydrogen-bond acceptors (Lipinski definition) is 4. The van der Waals surface area contributed by atoms with E-state index in [1.807, 2.05) is 19.1 Å². The molecule has 0 aliphatic carbocycles. The van der Waals surface area contributed by atoms with E-state index < -0.39 is 34.6 Å². The highest BCUT2D eigenvalue weighted by molar-refractivity contribution is 5.50. The van der Waals surface area contributed by atoms with Gasteiger partial charge in [-0.15, -0.1) is 0 Å². The minimum Gasteiger partial charge on any atom is -0.494 e. The van der Waals surface area contributed by atoms with Gasteiger partial charge in [-0.1, -0.05) is 38.5 Å². The summed E-state index contributed by atoms with van der Waals surface area (Å²) >= 11 is 0. The second-order valence-corrected chi connectivity index (χ2v) is 7.85. The van der Waals surface area contributed by atoms with Gasteiger partial charge in [-0.3, -0.25) is 0 Å². The van der Waals surface area contributed by atoms with E-state index in [0.717, 1.165) is 18.6 Å². The molecule has 3 aromatic rings. The number of ether oxygens (including phenoxy) is 2. The topological polar surface area (TPSA) is 43.2 Å². The normalized spacial score (nSPS) is 10.8. The molecule has 0 atom stereocenters. The van der Waals surface area contributed by atoms with Crippen LogP contribution in [-0.2, 0) is 0 Å². The van der Waals surface area contributed by atoms with E-state index in [0.29, 0.717) is 36.4 Å². The summed E-state index contributed by atoms with van der Waals surface area (Å²) in [6.07, 6.45) is 3.22. The van der Waals surface area contributed by atoms with Gasteiger partial charge < -0.3 is 9.47 Å². The van der Waals surface area contributed by atoms with Crippen LogP contribution in [0.3, 0.4) is 0 Å². The summed E-state index contributed by atoms with van der Waals surface area (Å²) in [5.74, 6) is -2.04. The van der Waals surface area contributed by atoms with Crippen molar-refractivity contribution in [3.8, 4) is 23.3 Å². The first-order chi connectivity index (χ1) is 17.4. The van der Waals surface area contributed by atoms with Gasteiger partial charge in [0.25, 0.3) is 0 Å².